The molecule has 1 heterocycles. The Morgan fingerprint density at radius 2 is 1.41 bits per heavy atom. The molecule has 8 nitrogen and oxygen atoms in total. The maximum absolute atomic E-state index is 12.7. The van der Waals surface area contributed by atoms with Crippen molar-refractivity contribution in [3.05, 3.63) is 108 Å². The summed E-state index contributed by atoms with van der Waals surface area (Å²) in [5.41, 5.74) is 2.58. The van der Waals surface area contributed by atoms with E-state index in [0.29, 0.717) is 22.6 Å². The van der Waals surface area contributed by atoms with Crippen LogP contribution in [0.3, 0.4) is 0 Å². The number of hydrogen-bond donors (Lipinski definition) is 3. The van der Waals surface area contributed by atoms with Gasteiger partial charge in [0.2, 0.25) is 0 Å². The van der Waals surface area contributed by atoms with Gasteiger partial charge < -0.3 is 15.1 Å². The minimum absolute atomic E-state index is 0.160. The lowest BCUT2D eigenvalue weighted by Crippen LogP contribution is -2.15. The highest BCUT2D eigenvalue weighted by Crippen LogP contribution is 2.20. The van der Waals surface area contributed by atoms with Gasteiger partial charge in [-0.2, -0.15) is 0 Å². The molecule has 0 unspecified atom stereocenters. The van der Waals surface area contributed by atoms with Crippen LogP contribution in [0.15, 0.2) is 101 Å². The zero-order chi connectivity index (χ0) is 24.1. The number of hydrogen-bond acceptors (Lipinski definition) is 5. The SMILES string of the molecule is Cc1ccc(S(=O)(=O)Nc2ccc(NC(=O)c3cccc(NC(=O)c4ccco4)c3)cc2)cc1. The first kappa shape index (κ1) is 22.8. The van der Waals surface area contributed by atoms with E-state index in [2.05, 4.69) is 15.4 Å². The van der Waals surface area contributed by atoms with E-state index >= 15 is 0 Å². The molecule has 0 saturated carbocycles. The van der Waals surface area contributed by atoms with E-state index < -0.39 is 15.9 Å². The van der Waals surface area contributed by atoms with Crippen molar-refractivity contribution in [2.24, 2.45) is 0 Å². The zero-order valence-corrected chi connectivity index (χ0v) is 18.9. The van der Waals surface area contributed by atoms with Crippen LogP contribution in [0.1, 0.15) is 26.5 Å². The van der Waals surface area contributed by atoms with Crippen molar-refractivity contribution < 1.29 is 22.4 Å². The summed E-state index contributed by atoms with van der Waals surface area (Å²) in [6.45, 7) is 1.88. The standard InChI is InChI=1S/C25H21N3O5S/c1-17-7-13-22(14-8-17)34(31,32)28-20-11-9-19(10-12-20)26-24(29)18-4-2-5-21(16-18)27-25(30)23-6-3-15-33-23/h2-16,28H,1H3,(H,26,29)(H,27,30). The first-order valence-corrected chi connectivity index (χ1v) is 11.7. The van der Waals surface area contributed by atoms with Crippen LogP contribution in [-0.4, -0.2) is 20.2 Å². The summed E-state index contributed by atoms with van der Waals surface area (Å²) in [6.07, 6.45) is 1.40. The van der Waals surface area contributed by atoms with Crippen LogP contribution in [0.25, 0.3) is 0 Å². The van der Waals surface area contributed by atoms with Crippen molar-refractivity contribution in [2.75, 3.05) is 15.4 Å². The second-order valence-corrected chi connectivity index (χ2v) is 9.14. The molecule has 1 aromatic heterocycles. The van der Waals surface area contributed by atoms with Gasteiger partial charge in [0.25, 0.3) is 21.8 Å². The fourth-order valence-electron chi connectivity index (χ4n) is 3.10. The second-order valence-electron chi connectivity index (χ2n) is 7.46. The molecule has 0 fully saturated rings. The third-order valence-corrected chi connectivity index (χ3v) is 6.25. The van der Waals surface area contributed by atoms with E-state index in [1.807, 2.05) is 6.92 Å². The highest BCUT2D eigenvalue weighted by molar-refractivity contribution is 7.92. The summed E-state index contributed by atoms with van der Waals surface area (Å²) in [5.74, 6) is -0.652. The summed E-state index contributed by atoms with van der Waals surface area (Å²) < 4.78 is 32.6. The molecule has 34 heavy (non-hydrogen) atoms. The second kappa shape index (κ2) is 9.63. The number of carbonyl (C=O) groups excluding carboxylic acids is 2. The predicted octanol–water partition coefficient (Wildman–Crippen LogP) is 4.89. The van der Waals surface area contributed by atoms with E-state index in [1.165, 1.54) is 24.5 Å². The monoisotopic (exact) mass is 475 g/mol. The average molecular weight is 476 g/mol. The fraction of sp³-hybridized carbons (Fsp3) is 0.0400. The third-order valence-electron chi connectivity index (χ3n) is 4.85. The number of aryl methyl sites for hydroxylation is 1. The van der Waals surface area contributed by atoms with E-state index in [4.69, 9.17) is 4.42 Å². The van der Waals surface area contributed by atoms with E-state index in [-0.39, 0.29) is 16.6 Å². The Labute approximate surface area is 196 Å². The number of carbonyl (C=O) groups is 2. The van der Waals surface area contributed by atoms with Crippen molar-refractivity contribution in [2.45, 2.75) is 11.8 Å². The maximum atomic E-state index is 12.7. The first-order valence-electron chi connectivity index (χ1n) is 10.3. The van der Waals surface area contributed by atoms with Gasteiger partial charge in [-0.1, -0.05) is 23.8 Å². The molecule has 0 aliphatic carbocycles. The van der Waals surface area contributed by atoms with Gasteiger partial charge in [0.15, 0.2) is 5.76 Å². The lowest BCUT2D eigenvalue weighted by molar-refractivity contribution is 0.0993. The lowest BCUT2D eigenvalue weighted by Gasteiger charge is -2.10. The maximum Gasteiger partial charge on any atom is 0.291 e. The van der Waals surface area contributed by atoms with Gasteiger partial charge >= 0.3 is 0 Å². The van der Waals surface area contributed by atoms with Crippen LogP contribution < -0.4 is 15.4 Å². The molecule has 0 bridgehead atoms. The molecule has 0 spiro atoms. The Morgan fingerprint density at radius 3 is 2.09 bits per heavy atom. The number of anilines is 3. The molecule has 0 atom stereocenters. The Hall–Kier alpha value is -4.37. The van der Waals surface area contributed by atoms with Gasteiger partial charge in [-0.3, -0.25) is 14.3 Å². The van der Waals surface area contributed by atoms with Crippen LogP contribution in [0.5, 0.6) is 0 Å². The van der Waals surface area contributed by atoms with Gasteiger partial charge in [0, 0.05) is 22.6 Å². The lowest BCUT2D eigenvalue weighted by atomic mass is 10.1. The van der Waals surface area contributed by atoms with Crippen LogP contribution in [0.4, 0.5) is 17.1 Å². The summed E-state index contributed by atoms with van der Waals surface area (Å²) >= 11 is 0. The van der Waals surface area contributed by atoms with E-state index in [0.717, 1.165) is 5.56 Å². The summed E-state index contributed by atoms with van der Waals surface area (Å²) in [5, 5.41) is 5.42. The largest absolute Gasteiger partial charge is 0.459 e. The zero-order valence-electron chi connectivity index (χ0n) is 18.1. The molecule has 172 valence electrons. The fourth-order valence-corrected chi connectivity index (χ4v) is 4.15. The Bertz CT molecular complexity index is 1410. The normalized spacial score (nSPS) is 11.0. The van der Waals surface area contributed by atoms with E-state index in [1.54, 1.807) is 66.7 Å². The summed E-state index contributed by atoms with van der Waals surface area (Å²) in [6, 6.07) is 22.4. The van der Waals surface area contributed by atoms with Crippen molar-refractivity contribution in [1.82, 2.24) is 0 Å². The smallest absolute Gasteiger partial charge is 0.291 e. The van der Waals surface area contributed by atoms with Gasteiger partial charge in [-0.05, 0) is 73.7 Å². The van der Waals surface area contributed by atoms with Crippen LogP contribution in [-0.2, 0) is 10.0 Å². The van der Waals surface area contributed by atoms with Crippen LogP contribution in [0.2, 0.25) is 0 Å². The van der Waals surface area contributed by atoms with Gasteiger partial charge in [0.1, 0.15) is 0 Å². The number of furan rings is 1. The molecular weight excluding hydrogens is 454 g/mol. The molecule has 0 aliphatic rings. The van der Waals surface area contributed by atoms with Gasteiger partial charge in [-0.15, -0.1) is 0 Å². The molecule has 2 amide bonds. The van der Waals surface area contributed by atoms with Gasteiger partial charge in [-0.25, -0.2) is 8.42 Å². The highest BCUT2D eigenvalue weighted by Gasteiger charge is 2.14. The third kappa shape index (κ3) is 5.51. The highest BCUT2D eigenvalue weighted by atomic mass is 32.2. The van der Waals surface area contributed by atoms with Crippen molar-refractivity contribution in [1.29, 1.82) is 0 Å². The number of amides is 2. The minimum atomic E-state index is -3.72. The molecule has 4 rings (SSSR count). The molecule has 0 aliphatic heterocycles. The Balaban J connectivity index is 1.40. The summed E-state index contributed by atoms with van der Waals surface area (Å²) in [7, 11) is -3.72. The number of benzene rings is 3. The summed E-state index contributed by atoms with van der Waals surface area (Å²) in [4.78, 5) is 24.9. The van der Waals surface area contributed by atoms with Gasteiger partial charge in [0.05, 0.1) is 11.2 Å². The van der Waals surface area contributed by atoms with Crippen molar-refractivity contribution >= 4 is 38.9 Å². The molecule has 4 aromatic rings. The molecule has 3 N–H and O–H groups in total. The van der Waals surface area contributed by atoms with Crippen LogP contribution in [0, 0.1) is 6.92 Å². The Kier molecular flexibility index (Phi) is 6.46. The van der Waals surface area contributed by atoms with E-state index in [9.17, 15) is 18.0 Å². The molecule has 9 heteroatoms. The predicted molar refractivity (Wildman–Crippen MR) is 129 cm³/mol. The molecule has 0 radical (unpaired) electrons. The molecule has 0 saturated heterocycles. The Morgan fingerprint density at radius 1 is 0.735 bits per heavy atom. The molecule has 3 aromatic carbocycles. The van der Waals surface area contributed by atoms with Crippen molar-refractivity contribution in [3.8, 4) is 0 Å². The number of nitrogens with one attached hydrogen (secondary N) is 3. The number of rotatable bonds is 7. The first-order chi connectivity index (χ1) is 16.3. The van der Waals surface area contributed by atoms with Crippen molar-refractivity contribution in [3.63, 3.8) is 0 Å². The average Bonchev–Trinajstić information content (AvgIpc) is 3.36. The quantitative estimate of drug-likeness (QED) is 0.352. The minimum Gasteiger partial charge on any atom is -0.459 e. The topological polar surface area (TPSA) is 118 Å². The molecular formula is C25H21N3O5S. The number of sulfonamides is 1. The van der Waals surface area contributed by atoms with Crippen LogP contribution >= 0.6 is 0 Å².